The summed E-state index contributed by atoms with van der Waals surface area (Å²) in [6.45, 7) is 6.36. The Bertz CT molecular complexity index is 82.2. The second-order valence-electron chi connectivity index (χ2n) is 3.51. The van der Waals surface area contributed by atoms with Crippen molar-refractivity contribution in [3.05, 3.63) is 0 Å². The number of hydrogen-bond donors (Lipinski definition) is 0. The van der Waals surface area contributed by atoms with Crippen LogP contribution in [0.1, 0.15) is 46.5 Å². The van der Waals surface area contributed by atoms with Gasteiger partial charge in [0.05, 0.1) is 0 Å². The average Bonchev–Trinajstić information content (AvgIpc) is 2.52. The maximum Gasteiger partial charge on any atom is -0.0292 e. The van der Waals surface area contributed by atoms with E-state index in [1.165, 1.54) is 0 Å². The molecule has 0 aromatic carbocycles. The summed E-state index contributed by atoms with van der Waals surface area (Å²) < 4.78 is 0. The van der Waals surface area contributed by atoms with Gasteiger partial charge in [0.1, 0.15) is 0 Å². The van der Waals surface area contributed by atoms with Crippen LogP contribution < -0.4 is 0 Å². The van der Waals surface area contributed by atoms with Crippen LogP contribution in [0.4, 0.5) is 0 Å². The smallest absolute Gasteiger partial charge is 0.0292 e. The van der Waals surface area contributed by atoms with Crippen molar-refractivity contribution in [2.45, 2.75) is 46.5 Å². The van der Waals surface area contributed by atoms with Crippen molar-refractivity contribution in [2.75, 3.05) is 0 Å². The largest absolute Gasteiger partial charge is 0.0683 e. The molecule has 2 aliphatic rings. The van der Waals surface area contributed by atoms with Crippen LogP contribution in [-0.2, 0) is 0 Å². The molecule has 54 valence electrons. The van der Waals surface area contributed by atoms with Crippen LogP contribution in [0.25, 0.3) is 0 Å². The highest BCUT2D eigenvalue weighted by atomic mass is 14.6. The summed E-state index contributed by atoms with van der Waals surface area (Å²) in [5, 5.41) is 0. The minimum atomic E-state index is 0.944. The molecule has 2 rings (SSSR count). The van der Waals surface area contributed by atoms with Gasteiger partial charge in [-0.1, -0.05) is 20.8 Å². The maximum atomic E-state index is 2.36. The Hall–Kier alpha value is 0. The highest BCUT2D eigenvalue weighted by molar-refractivity contribution is 5.02. The van der Waals surface area contributed by atoms with Gasteiger partial charge < -0.3 is 0 Å². The van der Waals surface area contributed by atoms with Gasteiger partial charge in [0.2, 0.25) is 0 Å². The van der Waals surface area contributed by atoms with Crippen molar-refractivity contribution in [3.63, 3.8) is 0 Å². The zero-order valence-corrected chi connectivity index (χ0v) is 6.91. The van der Waals surface area contributed by atoms with Crippen LogP contribution in [-0.4, -0.2) is 0 Å². The molecule has 2 fully saturated rings. The standard InChI is InChI=1S/C7H12.C2H6/c1-6-4-7(5-6)2-3-7;1-2/h6H,2-5H2,1H3;1-2H3. The Labute approximate surface area is 58.7 Å². The van der Waals surface area contributed by atoms with Gasteiger partial charge in [0.15, 0.2) is 0 Å². The molecule has 0 atom stereocenters. The lowest BCUT2D eigenvalue weighted by molar-refractivity contribution is 0.187. The molecule has 0 amide bonds. The molecule has 0 aromatic heterocycles. The molecule has 0 bridgehead atoms. The van der Waals surface area contributed by atoms with Crippen molar-refractivity contribution in [1.29, 1.82) is 0 Å². The molecule has 0 aliphatic heterocycles. The van der Waals surface area contributed by atoms with E-state index in [0.29, 0.717) is 0 Å². The summed E-state index contributed by atoms with van der Waals surface area (Å²) in [6, 6.07) is 0. The Morgan fingerprint density at radius 2 is 1.56 bits per heavy atom. The summed E-state index contributed by atoms with van der Waals surface area (Å²) in [5.74, 6) is 1.07. The summed E-state index contributed by atoms with van der Waals surface area (Å²) in [5.41, 5.74) is 0.944. The van der Waals surface area contributed by atoms with Crippen molar-refractivity contribution >= 4 is 0 Å². The van der Waals surface area contributed by atoms with Crippen molar-refractivity contribution in [2.24, 2.45) is 11.3 Å². The Balaban J connectivity index is 0.000000186. The molecule has 0 nitrogen and oxygen atoms in total. The van der Waals surface area contributed by atoms with Crippen LogP contribution >= 0.6 is 0 Å². The van der Waals surface area contributed by atoms with Crippen LogP contribution in [0.5, 0.6) is 0 Å². The third-order valence-corrected chi connectivity index (χ3v) is 2.52. The average molecular weight is 126 g/mol. The zero-order valence-electron chi connectivity index (χ0n) is 6.91. The van der Waals surface area contributed by atoms with E-state index in [4.69, 9.17) is 0 Å². The van der Waals surface area contributed by atoms with Crippen molar-refractivity contribution in [1.82, 2.24) is 0 Å². The first-order valence-corrected chi connectivity index (χ1v) is 4.31. The molecule has 0 heteroatoms. The maximum absolute atomic E-state index is 2.36. The Kier molecular flexibility index (Phi) is 1.83. The SMILES string of the molecule is CC.CC1CC2(CC2)C1. The second-order valence-corrected chi connectivity index (χ2v) is 3.51. The quantitative estimate of drug-likeness (QED) is 0.467. The predicted molar refractivity (Wildman–Crippen MR) is 41.4 cm³/mol. The molecule has 0 saturated heterocycles. The van der Waals surface area contributed by atoms with E-state index >= 15 is 0 Å². The summed E-state index contributed by atoms with van der Waals surface area (Å²) >= 11 is 0. The summed E-state index contributed by atoms with van der Waals surface area (Å²) in [4.78, 5) is 0. The van der Waals surface area contributed by atoms with Crippen LogP contribution in [0.2, 0.25) is 0 Å². The van der Waals surface area contributed by atoms with E-state index in [-0.39, 0.29) is 0 Å². The molecule has 0 aromatic rings. The lowest BCUT2D eigenvalue weighted by Gasteiger charge is -2.32. The zero-order chi connectivity index (χ0) is 6.91. The fourth-order valence-electron chi connectivity index (χ4n) is 2.00. The third kappa shape index (κ3) is 1.28. The highest BCUT2D eigenvalue weighted by Gasteiger charge is 2.50. The highest BCUT2D eigenvalue weighted by Crippen LogP contribution is 2.62. The number of hydrogen-bond acceptors (Lipinski definition) is 0. The summed E-state index contributed by atoms with van der Waals surface area (Å²) in [6.07, 6.45) is 6.20. The minimum Gasteiger partial charge on any atom is -0.0683 e. The van der Waals surface area contributed by atoms with Crippen LogP contribution in [0.15, 0.2) is 0 Å². The Morgan fingerprint density at radius 3 is 1.67 bits per heavy atom. The predicted octanol–water partition coefficient (Wildman–Crippen LogP) is 3.22. The fourth-order valence-corrected chi connectivity index (χ4v) is 2.00. The molecule has 1 spiro atoms. The van der Waals surface area contributed by atoms with Crippen LogP contribution in [0, 0.1) is 11.3 Å². The van der Waals surface area contributed by atoms with Gasteiger partial charge in [0.25, 0.3) is 0 Å². The molecule has 0 radical (unpaired) electrons. The van der Waals surface area contributed by atoms with E-state index in [2.05, 4.69) is 6.92 Å². The lowest BCUT2D eigenvalue weighted by atomic mass is 9.73. The van der Waals surface area contributed by atoms with Crippen LogP contribution in [0.3, 0.4) is 0 Å². The van der Waals surface area contributed by atoms with Gasteiger partial charge in [-0.25, -0.2) is 0 Å². The first-order chi connectivity index (χ1) is 4.31. The van der Waals surface area contributed by atoms with Gasteiger partial charge in [-0.05, 0) is 37.0 Å². The van der Waals surface area contributed by atoms with Gasteiger partial charge in [-0.15, -0.1) is 0 Å². The van der Waals surface area contributed by atoms with Crippen molar-refractivity contribution in [3.8, 4) is 0 Å². The molecule has 0 heterocycles. The van der Waals surface area contributed by atoms with E-state index in [1.807, 2.05) is 13.8 Å². The van der Waals surface area contributed by atoms with E-state index in [1.54, 1.807) is 25.7 Å². The summed E-state index contributed by atoms with van der Waals surface area (Å²) in [7, 11) is 0. The van der Waals surface area contributed by atoms with Gasteiger partial charge in [-0.3, -0.25) is 0 Å². The molecule has 0 unspecified atom stereocenters. The molecular weight excluding hydrogens is 108 g/mol. The lowest BCUT2D eigenvalue weighted by Crippen LogP contribution is -2.21. The van der Waals surface area contributed by atoms with Gasteiger partial charge in [0, 0.05) is 0 Å². The molecular formula is C9H18. The van der Waals surface area contributed by atoms with E-state index in [0.717, 1.165) is 11.3 Å². The topological polar surface area (TPSA) is 0 Å². The number of rotatable bonds is 0. The van der Waals surface area contributed by atoms with Gasteiger partial charge in [-0.2, -0.15) is 0 Å². The first-order valence-electron chi connectivity index (χ1n) is 4.31. The fraction of sp³-hybridized carbons (Fsp3) is 1.00. The van der Waals surface area contributed by atoms with E-state index < -0.39 is 0 Å². The molecule has 2 aliphatic carbocycles. The minimum absolute atomic E-state index is 0.944. The second kappa shape index (κ2) is 2.32. The normalized spacial score (nSPS) is 28.3. The van der Waals surface area contributed by atoms with E-state index in [9.17, 15) is 0 Å². The molecule has 9 heavy (non-hydrogen) atoms. The monoisotopic (exact) mass is 126 g/mol. The van der Waals surface area contributed by atoms with Gasteiger partial charge >= 0.3 is 0 Å². The third-order valence-electron chi connectivity index (χ3n) is 2.52. The first kappa shape index (κ1) is 7.11. The molecule has 2 saturated carbocycles. The Morgan fingerprint density at radius 1 is 1.11 bits per heavy atom. The van der Waals surface area contributed by atoms with Crippen molar-refractivity contribution < 1.29 is 0 Å². The molecule has 0 N–H and O–H groups in total.